The van der Waals surface area contributed by atoms with Crippen LogP contribution in [0.3, 0.4) is 0 Å². The second kappa shape index (κ2) is 15.0. The normalized spacial score (nSPS) is 12.2. The molecule has 2 aromatic heterocycles. The van der Waals surface area contributed by atoms with E-state index >= 15 is 0 Å². The van der Waals surface area contributed by atoms with Crippen LogP contribution in [0.1, 0.15) is 20.3 Å². The molecule has 0 aliphatic carbocycles. The second-order valence-electron chi connectivity index (χ2n) is 10.4. The van der Waals surface area contributed by atoms with Gasteiger partial charge < -0.3 is 0 Å². The van der Waals surface area contributed by atoms with Crippen LogP contribution in [0.4, 0.5) is 28.7 Å². The van der Waals surface area contributed by atoms with Crippen molar-refractivity contribution in [3.05, 3.63) is 170 Å². The van der Waals surface area contributed by atoms with E-state index in [1.807, 2.05) is 92.4 Å². The quantitative estimate of drug-likeness (QED) is 0.107. The highest BCUT2D eigenvalue weighted by molar-refractivity contribution is 7.79. The monoisotopic (exact) mass is 618 g/mol. The lowest BCUT2D eigenvalue weighted by molar-refractivity contribution is 1.08. The van der Waals surface area contributed by atoms with Crippen LogP contribution in [0, 0.1) is 0 Å². The van der Waals surface area contributed by atoms with Gasteiger partial charge in [0.1, 0.15) is 0 Å². The Morgan fingerprint density at radius 3 is 1.61 bits per heavy atom. The number of benzene rings is 4. The third-order valence-corrected chi connectivity index (χ3v) is 9.36. The van der Waals surface area contributed by atoms with Crippen LogP contribution in [-0.4, -0.2) is 19.9 Å². The minimum Gasteiger partial charge on any atom is -0.294 e. The van der Waals surface area contributed by atoms with Crippen LogP contribution in [0.15, 0.2) is 170 Å². The lowest BCUT2D eigenvalue weighted by Gasteiger charge is -2.27. The van der Waals surface area contributed by atoms with E-state index in [0.717, 1.165) is 57.0 Å². The fourth-order valence-corrected chi connectivity index (χ4v) is 7.26. The summed E-state index contributed by atoms with van der Waals surface area (Å²) in [4.78, 5) is 24.4. The maximum Gasteiger partial charge on any atom is 0.156 e. The first-order valence-corrected chi connectivity index (χ1v) is 16.7. The summed E-state index contributed by atoms with van der Waals surface area (Å²) in [6, 6.07) is 41.2. The predicted molar refractivity (Wildman–Crippen MR) is 193 cm³/mol. The molecule has 6 rings (SSSR count). The molecule has 4 aromatic carbocycles. The molecule has 0 aliphatic heterocycles. The zero-order valence-corrected chi connectivity index (χ0v) is 26.8. The van der Waals surface area contributed by atoms with Crippen LogP contribution in [0.2, 0.25) is 0 Å². The van der Waals surface area contributed by atoms with Crippen LogP contribution >= 0.6 is 7.92 Å². The molecule has 6 nitrogen and oxygen atoms in total. The standard InChI is InChI=1S/C39H35N6P/c1-3-17-31(18-4-2)44(32-19-9-5-10-20-32)36-27-40-29-38(42-36)46(35-25-15-8-16-26-35)39-30-41-28-37(43-39)45(33-21-11-6-12-22-33)34-23-13-7-14-24-34/h3,5-30H,4H2,1-2H3/b17-3-,31-18+. The molecule has 46 heavy (non-hydrogen) atoms. The van der Waals surface area contributed by atoms with Gasteiger partial charge in [0.05, 0.1) is 35.7 Å². The number of hydrogen-bond donors (Lipinski definition) is 0. The molecule has 0 aliphatic rings. The minimum absolute atomic E-state index is 0.731. The Balaban J connectivity index is 1.50. The van der Waals surface area contributed by atoms with E-state index in [2.05, 4.69) is 95.6 Å². The number of nitrogens with zero attached hydrogens (tertiary/aromatic N) is 6. The number of aromatic nitrogens is 4. The van der Waals surface area contributed by atoms with Gasteiger partial charge in [0.15, 0.2) is 11.6 Å². The molecule has 0 radical (unpaired) electrons. The average molecular weight is 619 g/mol. The van der Waals surface area contributed by atoms with Gasteiger partial charge in [-0.2, -0.15) is 0 Å². The number of allylic oxidation sites excluding steroid dienone is 3. The SMILES string of the molecule is C/C=C\C(=C/CC)N(c1ccccc1)c1cncc(P(c2ccccc2)c2cncc(N(c3ccccc3)c3ccccc3)n2)n1. The van der Waals surface area contributed by atoms with E-state index in [-0.39, 0.29) is 0 Å². The molecular formula is C39H35N6P. The molecule has 0 N–H and O–H groups in total. The molecule has 0 saturated heterocycles. The summed E-state index contributed by atoms with van der Waals surface area (Å²) >= 11 is 0. The molecule has 6 aromatic rings. The van der Waals surface area contributed by atoms with Gasteiger partial charge in [-0.1, -0.05) is 104 Å². The van der Waals surface area contributed by atoms with Gasteiger partial charge in [0.2, 0.25) is 0 Å². The smallest absolute Gasteiger partial charge is 0.156 e. The zero-order chi connectivity index (χ0) is 31.6. The fraction of sp³-hybridized carbons (Fsp3) is 0.0769. The Kier molecular flexibility index (Phi) is 9.98. The van der Waals surface area contributed by atoms with Crippen molar-refractivity contribution in [3.63, 3.8) is 0 Å². The second-order valence-corrected chi connectivity index (χ2v) is 12.5. The first-order valence-electron chi connectivity index (χ1n) is 15.3. The highest BCUT2D eigenvalue weighted by Crippen LogP contribution is 2.36. The molecule has 0 spiro atoms. The maximum atomic E-state index is 5.31. The van der Waals surface area contributed by atoms with E-state index in [9.17, 15) is 0 Å². The molecule has 2 heterocycles. The van der Waals surface area contributed by atoms with Gasteiger partial charge in [-0.05, 0) is 61.1 Å². The van der Waals surface area contributed by atoms with Crippen molar-refractivity contribution in [1.82, 2.24) is 19.9 Å². The number of para-hydroxylation sites is 3. The molecule has 226 valence electrons. The summed E-state index contributed by atoms with van der Waals surface area (Å²) in [5, 5.41) is 1.12. The van der Waals surface area contributed by atoms with Crippen LogP contribution < -0.4 is 26.0 Å². The Labute approximate surface area is 272 Å². The van der Waals surface area contributed by atoms with Crippen LogP contribution in [-0.2, 0) is 0 Å². The van der Waals surface area contributed by atoms with E-state index in [1.54, 1.807) is 0 Å². The predicted octanol–water partition coefficient (Wildman–Crippen LogP) is 8.50. The lowest BCUT2D eigenvalue weighted by atomic mass is 10.2. The maximum absolute atomic E-state index is 5.31. The van der Waals surface area contributed by atoms with E-state index in [1.165, 1.54) is 0 Å². The van der Waals surface area contributed by atoms with E-state index in [0.29, 0.717) is 0 Å². The van der Waals surface area contributed by atoms with Gasteiger partial charge in [0, 0.05) is 30.7 Å². The van der Waals surface area contributed by atoms with Crippen molar-refractivity contribution in [2.24, 2.45) is 0 Å². The van der Waals surface area contributed by atoms with Gasteiger partial charge >= 0.3 is 0 Å². The summed E-state index contributed by atoms with van der Waals surface area (Å²) in [5.41, 5.74) is 5.74. The zero-order valence-electron chi connectivity index (χ0n) is 25.9. The van der Waals surface area contributed by atoms with Crippen molar-refractivity contribution in [3.8, 4) is 0 Å². The Morgan fingerprint density at radius 1 is 0.609 bits per heavy atom. The first-order chi connectivity index (χ1) is 22.8. The molecule has 1 atom stereocenters. The highest BCUT2D eigenvalue weighted by atomic mass is 31.1. The summed E-state index contributed by atoms with van der Waals surface area (Å²) in [7, 11) is -1.21. The van der Waals surface area contributed by atoms with E-state index in [4.69, 9.17) is 19.9 Å². The first kappa shape index (κ1) is 30.6. The summed E-state index contributed by atoms with van der Waals surface area (Å²) < 4.78 is 0. The van der Waals surface area contributed by atoms with Crippen LogP contribution in [0.25, 0.3) is 0 Å². The van der Waals surface area contributed by atoms with Crippen molar-refractivity contribution < 1.29 is 0 Å². The largest absolute Gasteiger partial charge is 0.294 e. The summed E-state index contributed by atoms with van der Waals surface area (Å²) in [6.45, 7) is 4.17. The molecule has 7 heteroatoms. The molecule has 0 fully saturated rings. The Bertz CT molecular complexity index is 1860. The number of hydrogen-bond acceptors (Lipinski definition) is 6. The molecule has 0 amide bonds. The minimum atomic E-state index is -1.21. The van der Waals surface area contributed by atoms with E-state index < -0.39 is 7.92 Å². The summed E-state index contributed by atoms with van der Waals surface area (Å²) in [5.74, 6) is 1.47. The van der Waals surface area contributed by atoms with Crippen molar-refractivity contribution in [1.29, 1.82) is 0 Å². The molecule has 0 saturated carbocycles. The van der Waals surface area contributed by atoms with Gasteiger partial charge in [0.25, 0.3) is 0 Å². The topological polar surface area (TPSA) is 58.0 Å². The third kappa shape index (κ3) is 6.93. The van der Waals surface area contributed by atoms with Gasteiger partial charge in [-0.25, -0.2) is 9.97 Å². The van der Waals surface area contributed by atoms with Crippen molar-refractivity contribution >= 4 is 52.8 Å². The Morgan fingerprint density at radius 2 is 1.09 bits per heavy atom. The molecular weight excluding hydrogens is 583 g/mol. The van der Waals surface area contributed by atoms with Crippen LogP contribution in [0.5, 0.6) is 0 Å². The highest BCUT2D eigenvalue weighted by Gasteiger charge is 2.24. The van der Waals surface area contributed by atoms with Gasteiger partial charge in [-0.3, -0.25) is 19.8 Å². The number of anilines is 5. The Hall–Kier alpha value is -5.45. The van der Waals surface area contributed by atoms with Crippen molar-refractivity contribution in [2.45, 2.75) is 20.3 Å². The third-order valence-electron chi connectivity index (χ3n) is 7.20. The molecule has 0 bridgehead atoms. The number of rotatable bonds is 11. The fourth-order valence-electron chi connectivity index (χ4n) is 5.25. The van der Waals surface area contributed by atoms with Crippen molar-refractivity contribution in [2.75, 3.05) is 9.80 Å². The average Bonchev–Trinajstić information content (AvgIpc) is 3.11. The lowest BCUT2D eigenvalue weighted by Crippen LogP contribution is -2.28. The molecule has 1 unspecified atom stereocenters. The summed E-state index contributed by atoms with van der Waals surface area (Å²) in [6.07, 6.45) is 14.6. The van der Waals surface area contributed by atoms with Gasteiger partial charge in [-0.15, -0.1) is 0 Å².